The topological polar surface area (TPSA) is 64.2 Å². The van der Waals surface area contributed by atoms with Crippen molar-refractivity contribution in [3.05, 3.63) is 87.6 Å². The number of allylic oxidation sites excluding steroid dienone is 2. The molecule has 2 aromatic rings. The van der Waals surface area contributed by atoms with Gasteiger partial charge in [0.15, 0.2) is 0 Å². The van der Waals surface area contributed by atoms with Crippen LogP contribution in [0.15, 0.2) is 65.2 Å². The molecule has 1 heterocycles. The summed E-state index contributed by atoms with van der Waals surface area (Å²) in [5.74, 6) is -0.306. The van der Waals surface area contributed by atoms with Crippen LogP contribution in [0.4, 0.5) is 0 Å². The van der Waals surface area contributed by atoms with E-state index in [0.717, 1.165) is 14.7 Å². The van der Waals surface area contributed by atoms with Crippen molar-refractivity contribution in [3.63, 3.8) is 0 Å². The van der Waals surface area contributed by atoms with Gasteiger partial charge in [0, 0.05) is 19.5 Å². The third kappa shape index (κ3) is 2.93. The number of aromatic hydroxyl groups is 1. The largest absolute Gasteiger partial charge is 0.494 e. The molecule has 0 saturated heterocycles. The number of benzene rings is 1. The normalized spacial score (nSPS) is 10.4. The molecule has 0 aliphatic rings. The minimum Gasteiger partial charge on any atom is -0.494 e. The van der Waals surface area contributed by atoms with Gasteiger partial charge in [-0.05, 0) is 5.56 Å². The van der Waals surface area contributed by atoms with Gasteiger partial charge in [0.05, 0.1) is 5.56 Å². The van der Waals surface area contributed by atoms with E-state index >= 15 is 0 Å². The summed E-state index contributed by atoms with van der Waals surface area (Å²) in [6.45, 7) is 7.35. The zero-order valence-corrected chi connectivity index (χ0v) is 12.2. The van der Waals surface area contributed by atoms with Gasteiger partial charge in [-0.2, -0.15) is 0 Å². The molecule has 1 aromatic heterocycles. The summed E-state index contributed by atoms with van der Waals surface area (Å²) < 4.78 is 2.20. The molecule has 22 heavy (non-hydrogen) atoms. The first-order chi connectivity index (χ1) is 10.6. The Hall–Kier alpha value is -2.82. The third-order valence-corrected chi connectivity index (χ3v) is 3.34. The molecule has 114 valence electrons. The second-order valence-electron chi connectivity index (χ2n) is 4.85. The van der Waals surface area contributed by atoms with Crippen LogP contribution in [0.5, 0.6) is 5.88 Å². The lowest BCUT2D eigenvalue weighted by Gasteiger charge is -2.14. The molecule has 0 radical (unpaired) electrons. The molecule has 5 nitrogen and oxygen atoms in total. The number of hydrogen-bond donors (Lipinski definition) is 1. The lowest BCUT2D eigenvalue weighted by molar-refractivity contribution is 0.395. The van der Waals surface area contributed by atoms with Gasteiger partial charge in [-0.3, -0.25) is 13.9 Å². The maximum Gasteiger partial charge on any atom is 0.334 e. The molecule has 0 atom stereocenters. The molecular formula is C17H18N2O3. The van der Waals surface area contributed by atoms with Crippen molar-refractivity contribution in [2.24, 2.45) is 0 Å². The monoisotopic (exact) mass is 298 g/mol. The van der Waals surface area contributed by atoms with E-state index in [2.05, 4.69) is 13.2 Å². The van der Waals surface area contributed by atoms with Gasteiger partial charge in [-0.25, -0.2) is 4.79 Å². The van der Waals surface area contributed by atoms with Crippen molar-refractivity contribution in [1.82, 2.24) is 9.13 Å². The van der Waals surface area contributed by atoms with Gasteiger partial charge in [0.2, 0.25) is 5.88 Å². The Balaban J connectivity index is 2.66. The van der Waals surface area contributed by atoms with Crippen LogP contribution in [-0.4, -0.2) is 14.2 Å². The van der Waals surface area contributed by atoms with Crippen LogP contribution in [0, 0.1) is 0 Å². The van der Waals surface area contributed by atoms with Gasteiger partial charge in [-0.1, -0.05) is 42.5 Å². The fraction of sp³-hybridized carbons (Fsp3) is 0.176. The second kappa shape index (κ2) is 6.76. The Bertz CT molecular complexity index is 801. The van der Waals surface area contributed by atoms with Crippen molar-refractivity contribution in [3.8, 4) is 5.88 Å². The van der Waals surface area contributed by atoms with Crippen LogP contribution in [0.1, 0.15) is 11.1 Å². The highest BCUT2D eigenvalue weighted by Crippen LogP contribution is 2.15. The molecule has 0 aliphatic carbocycles. The highest BCUT2D eigenvalue weighted by atomic mass is 16.3. The highest BCUT2D eigenvalue weighted by Gasteiger charge is 2.17. The molecule has 1 N–H and O–H groups in total. The van der Waals surface area contributed by atoms with Crippen LogP contribution in [0.25, 0.3) is 0 Å². The predicted octanol–water partition coefficient (Wildman–Crippen LogP) is 1.68. The summed E-state index contributed by atoms with van der Waals surface area (Å²) in [5.41, 5.74) is 0.00373. The van der Waals surface area contributed by atoms with E-state index in [1.54, 1.807) is 0 Å². The zero-order chi connectivity index (χ0) is 16.1. The minimum absolute atomic E-state index is 0.0941. The van der Waals surface area contributed by atoms with Gasteiger partial charge >= 0.3 is 5.69 Å². The van der Waals surface area contributed by atoms with Crippen LogP contribution >= 0.6 is 0 Å². The maximum absolute atomic E-state index is 12.5. The van der Waals surface area contributed by atoms with Crippen LogP contribution in [0.3, 0.4) is 0 Å². The second-order valence-corrected chi connectivity index (χ2v) is 4.85. The van der Waals surface area contributed by atoms with Crippen LogP contribution in [-0.2, 0) is 19.5 Å². The first kappa shape index (κ1) is 15.6. The first-order valence-corrected chi connectivity index (χ1v) is 6.91. The number of nitrogens with zero attached hydrogens (tertiary/aromatic N) is 2. The highest BCUT2D eigenvalue weighted by molar-refractivity contribution is 5.31. The van der Waals surface area contributed by atoms with Crippen LogP contribution in [0.2, 0.25) is 0 Å². The molecule has 1 aromatic carbocycles. The Labute approximate surface area is 128 Å². The third-order valence-electron chi connectivity index (χ3n) is 3.34. The fourth-order valence-corrected chi connectivity index (χ4v) is 2.28. The van der Waals surface area contributed by atoms with Crippen molar-refractivity contribution in [1.29, 1.82) is 0 Å². The summed E-state index contributed by atoms with van der Waals surface area (Å²) >= 11 is 0. The average Bonchev–Trinajstić information content (AvgIpc) is 2.53. The number of rotatable bonds is 6. The van der Waals surface area contributed by atoms with E-state index in [9.17, 15) is 14.7 Å². The van der Waals surface area contributed by atoms with E-state index in [1.807, 2.05) is 30.3 Å². The van der Waals surface area contributed by atoms with E-state index in [0.29, 0.717) is 0 Å². The Kier molecular flexibility index (Phi) is 4.78. The van der Waals surface area contributed by atoms with Crippen molar-refractivity contribution in [2.75, 3.05) is 0 Å². The standard InChI is InChI=1S/C17H18N2O3/c1-3-10-18-15(20)14(12-13-8-6-5-7-9-13)16(21)19(11-4-2)17(18)22/h3-9,20H,1-2,10-12H2. The zero-order valence-electron chi connectivity index (χ0n) is 12.2. The SMILES string of the molecule is C=CCn1c(O)c(Cc2ccccc2)c(=O)n(CC=C)c1=O. The smallest absolute Gasteiger partial charge is 0.334 e. The predicted molar refractivity (Wildman–Crippen MR) is 86.3 cm³/mol. The minimum atomic E-state index is -0.570. The van der Waals surface area contributed by atoms with Crippen LogP contribution < -0.4 is 11.2 Å². The summed E-state index contributed by atoms with van der Waals surface area (Å²) in [6.07, 6.45) is 3.22. The van der Waals surface area contributed by atoms with E-state index < -0.39 is 11.2 Å². The van der Waals surface area contributed by atoms with Crippen molar-refractivity contribution >= 4 is 0 Å². The molecule has 0 bridgehead atoms. The molecule has 0 amide bonds. The molecule has 0 unspecified atom stereocenters. The molecule has 0 spiro atoms. The quantitative estimate of drug-likeness (QED) is 0.825. The van der Waals surface area contributed by atoms with Gasteiger partial charge in [-0.15, -0.1) is 13.2 Å². The van der Waals surface area contributed by atoms with E-state index in [-0.39, 0.29) is 31.0 Å². The molecule has 0 saturated carbocycles. The van der Waals surface area contributed by atoms with Gasteiger partial charge in [0.1, 0.15) is 0 Å². The number of aromatic nitrogens is 2. The maximum atomic E-state index is 12.5. The Morgan fingerprint density at radius 1 is 1.00 bits per heavy atom. The number of hydrogen-bond acceptors (Lipinski definition) is 3. The Morgan fingerprint density at radius 2 is 1.59 bits per heavy atom. The first-order valence-electron chi connectivity index (χ1n) is 6.91. The summed E-state index contributed by atoms with van der Waals surface area (Å²) in [6, 6.07) is 9.31. The Morgan fingerprint density at radius 3 is 2.18 bits per heavy atom. The van der Waals surface area contributed by atoms with Gasteiger partial charge < -0.3 is 5.11 Å². The molecule has 5 heteroatoms. The van der Waals surface area contributed by atoms with E-state index in [1.165, 1.54) is 12.2 Å². The van der Waals surface area contributed by atoms with E-state index in [4.69, 9.17) is 0 Å². The van der Waals surface area contributed by atoms with Crippen molar-refractivity contribution in [2.45, 2.75) is 19.5 Å². The van der Waals surface area contributed by atoms with Crippen molar-refractivity contribution < 1.29 is 5.11 Å². The molecule has 0 fully saturated rings. The van der Waals surface area contributed by atoms with Gasteiger partial charge in [0.25, 0.3) is 5.56 Å². The average molecular weight is 298 g/mol. The molecular weight excluding hydrogens is 280 g/mol. The summed E-state index contributed by atoms with van der Waals surface area (Å²) in [4.78, 5) is 24.7. The molecule has 0 aliphatic heterocycles. The lowest BCUT2D eigenvalue weighted by Crippen LogP contribution is -2.41. The lowest BCUT2D eigenvalue weighted by atomic mass is 10.1. The fourth-order valence-electron chi connectivity index (χ4n) is 2.28. The molecule has 2 rings (SSSR count). The summed E-state index contributed by atoms with van der Waals surface area (Å²) in [7, 11) is 0. The summed E-state index contributed by atoms with van der Waals surface area (Å²) in [5, 5.41) is 10.3.